The Morgan fingerprint density at radius 3 is 2.71 bits per heavy atom. The number of nitrogens with one attached hydrogen (secondary N) is 1. The van der Waals surface area contributed by atoms with Crippen LogP contribution in [0.5, 0.6) is 0 Å². The number of carbonyl (C=O) groups excluding carboxylic acids is 2. The minimum atomic E-state index is -0.248. The van der Waals surface area contributed by atoms with Crippen molar-refractivity contribution in [2.45, 2.75) is 32.4 Å². The Balaban J connectivity index is 0.00000208. The van der Waals surface area contributed by atoms with Gasteiger partial charge >= 0.3 is 0 Å². The van der Waals surface area contributed by atoms with Gasteiger partial charge in [-0.2, -0.15) is 0 Å². The quantitative estimate of drug-likeness (QED) is 0.805. The zero-order valence-electron chi connectivity index (χ0n) is 13.9. The number of amides is 2. The van der Waals surface area contributed by atoms with Gasteiger partial charge in [0.1, 0.15) is 0 Å². The first kappa shape index (κ1) is 19.2. The van der Waals surface area contributed by atoms with Crippen LogP contribution in [-0.2, 0) is 9.59 Å². The topological polar surface area (TPSA) is 52.7 Å². The van der Waals surface area contributed by atoms with E-state index in [1.54, 1.807) is 4.90 Å². The summed E-state index contributed by atoms with van der Waals surface area (Å²) in [7, 11) is 0. The predicted molar refractivity (Wildman–Crippen MR) is 100 cm³/mol. The van der Waals surface area contributed by atoms with E-state index in [4.69, 9.17) is 0 Å². The number of halogens is 2. The minimum absolute atomic E-state index is 0. The van der Waals surface area contributed by atoms with Crippen LogP contribution in [0.2, 0.25) is 0 Å². The summed E-state index contributed by atoms with van der Waals surface area (Å²) in [6, 6.07) is 8.08. The molecule has 0 saturated carbocycles. The summed E-state index contributed by atoms with van der Waals surface area (Å²) < 4.78 is 0.880. The van der Waals surface area contributed by atoms with Gasteiger partial charge in [0, 0.05) is 42.6 Å². The van der Waals surface area contributed by atoms with E-state index in [0.29, 0.717) is 19.5 Å². The molecule has 0 bridgehead atoms. The van der Waals surface area contributed by atoms with E-state index >= 15 is 0 Å². The molecule has 3 unspecified atom stereocenters. The van der Waals surface area contributed by atoms with E-state index < -0.39 is 0 Å². The average molecular weight is 417 g/mol. The Morgan fingerprint density at radius 2 is 2.00 bits per heavy atom. The van der Waals surface area contributed by atoms with E-state index in [-0.39, 0.29) is 42.2 Å². The summed E-state index contributed by atoms with van der Waals surface area (Å²) in [5.74, 6) is -0.123. The van der Waals surface area contributed by atoms with Gasteiger partial charge in [0.2, 0.25) is 11.8 Å². The molecule has 132 valence electrons. The van der Waals surface area contributed by atoms with Crippen LogP contribution in [0.1, 0.15) is 20.3 Å². The normalized spacial score (nSPS) is 27.1. The first-order valence-corrected chi connectivity index (χ1v) is 8.87. The van der Waals surface area contributed by atoms with Crippen LogP contribution < -0.4 is 10.2 Å². The third-order valence-corrected chi connectivity index (χ3v) is 5.61. The fraction of sp³-hybridized carbons (Fsp3) is 0.529. The molecule has 7 heteroatoms. The summed E-state index contributed by atoms with van der Waals surface area (Å²) in [5.41, 5.74) is 0.842. The lowest BCUT2D eigenvalue weighted by molar-refractivity contribution is -0.139. The van der Waals surface area contributed by atoms with Gasteiger partial charge in [-0.25, -0.2) is 0 Å². The highest BCUT2D eigenvalue weighted by Crippen LogP contribution is 2.32. The van der Waals surface area contributed by atoms with Crippen molar-refractivity contribution in [3.05, 3.63) is 28.7 Å². The van der Waals surface area contributed by atoms with Crippen molar-refractivity contribution in [3.8, 4) is 0 Å². The van der Waals surface area contributed by atoms with Crippen molar-refractivity contribution in [2.75, 3.05) is 24.5 Å². The second kappa shape index (κ2) is 7.85. The van der Waals surface area contributed by atoms with Crippen molar-refractivity contribution < 1.29 is 9.59 Å². The smallest absolute Gasteiger partial charge is 0.228 e. The second-order valence-electron chi connectivity index (χ2n) is 6.37. The fourth-order valence-corrected chi connectivity index (χ4v) is 3.88. The minimum Gasteiger partial charge on any atom is -0.337 e. The maximum absolute atomic E-state index is 12.9. The highest BCUT2D eigenvalue weighted by Gasteiger charge is 2.40. The number of carbonyl (C=O) groups is 2. The summed E-state index contributed by atoms with van der Waals surface area (Å²) in [6.45, 7) is 6.15. The number of anilines is 1. The second-order valence-corrected chi connectivity index (χ2v) is 7.23. The zero-order chi connectivity index (χ0) is 16.6. The predicted octanol–water partition coefficient (Wildman–Crippen LogP) is 2.43. The summed E-state index contributed by atoms with van der Waals surface area (Å²) in [5, 5.41) is 3.38. The first-order valence-electron chi connectivity index (χ1n) is 8.08. The maximum atomic E-state index is 12.9. The van der Waals surface area contributed by atoms with Gasteiger partial charge in [0.05, 0.1) is 11.6 Å². The largest absolute Gasteiger partial charge is 0.337 e. The average Bonchev–Trinajstić information content (AvgIpc) is 2.92. The van der Waals surface area contributed by atoms with E-state index in [2.05, 4.69) is 35.1 Å². The molecule has 1 aromatic carbocycles. The van der Waals surface area contributed by atoms with Crippen LogP contribution in [0, 0.1) is 5.92 Å². The molecule has 5 nitrogen and oxygen atoms in total. The molecule has 3 atom stereocenters. The molecule has 2 fully saturated rings. The van der Waals surface area contributed by atoms with Crippen LogP contribution in [-0.4, -0.2) is 48.4 Å². The zero-order valence-corrected chi connectivity index (χ0v) is 16.3. The van der Waals surface area contributed by atoms with Crippen molar-refractivity contribution in [3.63, 3.8) is 0 Å². The van der Waals surface area contributed by atoms with E-state index in [9.17, 15) is 9.59 Å². The van der Waals surface area contributed by atoms with Gasteiger partial charge in [0.15, 0.2) is 0 Å². The maximum Gasteiger partial charge on any atom is 0.228 e. The highest BCUT2D eigenvalue weighted by atomic mass is 79.9. The van der Waals surface area contributed by atoms with Crippen LogP contribution in [0.3, 0.4) is 0 Å². The van der Waals surface area contributed by atoms with Gasteiger partial charge in [-0.05, 0) is 41.9 Å². The monoisotopic (exact) mass is 415 g/mol. The number of benzene rings is 1. The number of piperazine rings is 1. The van der Waals surface area contributed by atoms with Crippen LogP contribution in [0.25, 0.3) is 0 Å². The van der Waals surface area contributed by atoms with E-state index in [1.165, 1.54) is 0 Å². The summed E-state index contributed by atoms with van der Waals surface area (Å²) >= 11 is 3.49. The van der Waals surface area contributed by atoms with Crippen molar-refractivity contribution in [2.24, 2.45) is 5.92 Å². The molecule has 2 aliphatic rings. The Hall–Kier alpha value is -1.11. The van der Waals surface area contributed by atoms with Crippen LogP contribution in [0.4, 0.5) is 5.69 Å². The molecule has 2 amide bonds. The SMILES string of the molecule is CC1NCCN(C(=O)C2CC(=O)N(c3ccccc3Br)C2)C1C.Cl. The van der Waals surface area contributed by atoms with Crippen LogP contribution >= 0.6 is 28.3 Å². The number of rotatable bonds is 2. The Labute approximate surface area is 157 Å². The molecule has 0 aromatic heterocycles. The van der Waals surface area contributed by atoms with Gasteiger partial charge < -0.3 is 15.1 Å². The molecule has 0 aliphatic carbocycles. The lowest BCUT2D eigenvalue weighted by Gasteiger charge is -2.39. The molecule has 24 heavy (non-hydrogen) atoms. The Kier molecular flexibility index (Phi) is 6.28. The number of hydrogen-bond donors (Lipinski definition) is 1. The lowest BCUT2D eigenvalue weighted by Crippen LogP contribution is -2.58. The molecular weight excluding hydrogens is 394 g/mol. The van der Waals surface area contributed by atoms with Crippen LogP contribution in [0.15, 0.2) is 28.7 Å². The van der Waals surface area contributed by atoms with Gasteiger partial charge in [0.25, 0.3) is 0 Å². The third kappa shape index (κ3) is 3.60. The molecule has 2 heterocycles. The van der Waals surface area contributed by atoms with Gasteiger partial charge in [-0.1, -0.05) is 12.1 Å². The fourth-order valence-electron chi connectivity index (χ4n) is 3.38. The summed E-state index contributed by atoms with van der Waals surface area (Å²) in [6.07, 6.45) is 0.297. The molecule has 3 rings (SSSR count). The number of para-hydroxylation sites is 1. The first-order chi connectivity index (χ1) is 11.0. The number of hydrogen-bond acceptors (Lipinski definition) is 3. The molecular formula is C17H23BrClN3O2. The van der Waals surface area contributed by atoms with E-state index in [0.717, 1.165) is 16.7 Å². The third-order valence-electron chi connectivity index (χ3n) is 4.93. The standard InChI is InChI=1S/C17H22BrN3O2.ClH/c1-11-12(2)20(8-7-19-11)17(23)13-9-16(22)21(10-13)15-6-4-3-5-14(15)18;/h3-6,11-13,19H,7-10H2,1-2H3;1H. The highest BCUT2D eigenvalue weighted by molar-refractivity contribution is 9.10. The van der Waals surface area contributed by atoms with Gasteiger partial charge in [-0.3, -0.25) is 9.59 Å². The van der Waals surface area contributed by atoms with Crippen molar-refractivity contribution in [1.29, 1.82) is 0 Å². The molecule has 1 N–H and O–H groups in total. The van der Waals surface area contributed by atoms with Crippen molar-refractivity contribution >= 4 is 45.8 Å². The Morgan fingerprint density at radius 1 is 1.29 bits per heavy atom. The molecule has 0 radical (unpaired) electrons. The molecule has 1 aromatic rings. The Bertz CT molecular complexity index is 628. The van der Waals surface area contributed by atoms with Crippen molar-refractivity contribution in [1.82, 2.24) is 10.2 Å². The van der Waals surface area contributed by atoms with E-state index in [1.807, 2.05) is 29.2 Å². The van der Waals surface area contributed by atoms with Gasteiger partial charge in [-0.15, -0.1) is 12.4 Å². The number of nitrogens with zero attached hydrogens (tertiary/aromatic N) is 2. The molecule has 0 spiro atoms. The molecule has 2 saturated heterocycles. The summed E-state index contributed by atoms with van der Waals surface area (Å²) in [4.78, 5) is 28.9. The lowest BCUT2D eigenvalue weighted by atomic mass is 10.0. The molecule has 2 aliphatic heterocycles.